The van der Waals surface area contributed by atoms with Crippen LogP contribution in [0.25, 0.3) is 0 Å². The minimum Gasteiger partial charge on any atom is -0.504 e. The number of phenols is 1. The van der Waals surface area contributed by atoms with Crippen molar-refractivity contribution < 1.29 is 19.4 Å². The maximum absolute atomic E-state index is 10.7. The van der Waals surface area contributed by atoms with E-state index < -0.39 is 0 Å². The van der Waals surface area contributed by atoms with Crippen LogP contribution >= 0.6 is 0 Å². The zero-order valence-electron chi connectivity index (χ0n) is 10.1. The summed E-state index contributed by atoms with van der Waals surface area (Å²) in [4.78, 5) is 21.4. The van der Waals surface area contributed by atoms with Crippen LogP contribution in [-0.4, -0.2) is 31.0 Å². The minimum atomic E-state index is -0.208. The molecule has 0 spiro atoms. The molecule has 5 nitrogen and oxygen atoms in total. The first-order valence-corrected chi connectivity index (χ1v) is 5.18. The molecule has 0 heterocycles. The van der Waals surface area contributed by atoms with Gasteiger partial charge in [0.2, 0.25) is 5.91 Å². The van der Waals surface area contributed by atoms with E-state index in [4.69, 9.17) is 4.74 Å². The zero-order chi connectivity index (χ0) is 13.5. The van der Waals surface area contributed by atoms with E-state index in [9.17, 15) is 14.7 Å². The molecule has 1 amide bonds. The number of aldehydes is 1. The fraction of sp³-hybridized carbons (Fsp3) is 0.231. The lowest BCUT2D eigenvalue weighted by molar-refractivity contribution is -0.118. The Hall–Kier alpha value is -2.48. The number of methoxy groups -OCH3 is 1. The van der Waals surface area contributed by atoms with Crippen molar-refractivity contribution in [1.29, 1.82) is 0 Å². The van der Waals surface area contributed by atoms with E-state index in [1.807, 2.05) is 0 Å². The van der Waals surface area contributed by atoms with Crippen LogP contribution in [-0.2, 0) is 4.79 Å². The highest BCUT2D eigenvalue weighted by atomic mass is 16.5. The van der Waals surface area contributed by atoms with Crippen LogP contribution in [0, 0.1) is 11.8 Å². The van der Waals surface area contributed by atoms with E-state index in [1.165, 1.54) is 26.2 Å². The van der Waals surface area contributed by atoms with Gasteiger partial charge in [0.15, 0.2) is 17.8 Å². The summed E-state index contributed by atoms with van der Waals surface area (Å²) in [6.07, 6.45) is 0.525. The summed E-state index contributed by atoms with van der Waals surface area (Å²) < 4.78 is 4.93. The maximum Gasteiger partial charge on any atom is 0.217 e. The van der Waals surface area contributed by atoms with Crippen LogP contribution < -0.4 is 10.1 Å². The number of carbonyl (C=O) groups is 2. The van der Waals surface area contributed by atoms with Gasteiger partial charge in [0.05, 0.1) is 19.2 Å². The van der Waals surface area contributed by atoms with Gasteiger partial charge >= 0.3 is 0 Å². The molecule has 1 aromatic rings. The SMILES string of the molecule is COc1cc(C#CCNC(C)=O)cc(C=O)c1O. The van der Waals surface area contributed by atoms with Crippen LogP contribution in [0.5, 0.6) is 11.5 Å². The normalized spacial score (nSPS) is 9.00. The average molecular weight is 247 g/mol. The summed E-state index contributed by atoms with van der Waals surface area (Å²) in [5, 5.41) is 12.1. The van der Waals surface area contributed by atoms with Gasteiger partial charge in [-0.05, 0) is 12.1 Å². The van der Waals surface area contributed by atoms with Gasteiger partial charge in [-0.15, -0.1) is 0 Å². The quantitative estimate of drug-likeness (QED) is 0.609. The average Bonchev–Trinajstić information content (AvgIpc) is 2.35. The van der Waals surface area contributed by atoms with Gasteiger partial charge in [0.1, 0.15) is 0 Å². The Bertz CT molecular complexity index is 526. The largest absolute Gasteiger partial charge is 0.504 e. The second kappa shape index (κ2) is 6.30. The topological polar surface area (TPSA) is 75.6 Å². The molecule has 94 valence electrons. The Morgan fingerprint density at radius 1 is 1.56 bits per heavy atom. The third kappa shape index (κ3) is 3.52. The van der Waals surface area contributed by atoms with Gasteiger partial charge in [-0.3, -0.25) is 9.59 Å². The second-order valence-corrected chi connectivity index (χ2v) is 3.45. The fourth-order valence-corrected chi connectivity index (χ4v) is 1.26. The number of ether oxygens (including phenoxy) is 1. The predicted molar refractivity (Wildman–Crippen MR) is 65.6 cm³/mol. The molecule has 18 heavy (non-hydrogen) atoms. The summed E-state index contributed by atoms with van der Waals surface area (Å²) in [5.41, 5.74) is 0.635. The van der Waals surface area contributed by atoms with Gasteiger partial charge < -0.3 is 15.2 Å². The Balaban J connectivity index is 2.96. The van der Waals surface area contributed by atoms with Gasteiger partial charge in [-0.2, -0.15) is 0 Å². The van der Waals surface area contributed by atoms with Crippen LogP contribution in [0.3, 0.4) is 0 Å². The number of hydrogen-bond donors (Lipinski definition) is 2. The van der Waals surface area contributed by atoms with E-state index in [2.05, 4.69) is 17.2 Å². The molecule has 0 aliphatic rings. The van der Waals surface area contributed by atoms with Gasteiger partial charge in [-0.25, -0.2) is 0 Å². The van der Waals surface area contributed by atoms with Crippen molar-refractivity contribution in [2.45, 2.75) is 6.92 Å². The van der Waals surface area contributed by atoms with E-state index in [0.29, 0.717) is 11.8 Å². The first-order chi connectivity index (χ1) is 8.58. The molecule has 0 radical (unpaired) electrons. The van der Waals surface area contributed by atoms with Crippen molar-refractivity contribution in [3.8, 4) is 23.3 Å². The standard InChI is InChI=1S/C13H13NO4/c1-9(16)14-5-3-4-10-6-11(8-15)13(17)12(7-10)18-2/h6-8,17H,5H2,1-2H3,(H,14,16). The Morgan fingerprint density at radius 2 is 2.28 bits per heavy atom. The Kier molecular flexibility index (Phi) is 4.76. The number of hydrogen-bond acceptors (Lipinski definition) is 4. The van der Waals surface area contributed by atoms with E-state index in [-0.39, 0.29) is 29.5 Å². The fourth-order valence-electron chi connectivity index (χ4n) is 1.26. The number of nitrogens with one attached hydrogen (secondary N) is 1. The lowest BCUT2D eigenvalue weighted by atomic mass is 10.1. The van der Waals surface area contributed by atoms with Gasteiger partial charge in [0, 0.05) is 12.5 Å². The molecule has 5 heteroatoms. The lowest BCUT2D eigenvalue weighted by Gasteiger charge is -2.05. The van der Waals surface area contributed by atoms with Gasteiger partial charge in [-0.1, -0.05) is 11.8 Å². The minimum absolute atomic E-state index is 0.109. The predicted octanol–water partition coefficient (Wildman–Crippen LogP) is 0.701. The number of amides is 1. The highest BCUT2D eigenvalue weighted by molar-refractivity contribution is 5.82. The van der Waals surface area contributed by atoms with Crippen LogP contribution in [0.2, 0.25) is 0 Å². The third-order valence-corrected chi connectivity index (χ3v) is 2.11. The summed E-state index contributed by atoms with van der Waals surface area (Å²) >= 11 is 0. The molecule has 0 unspecified atom stereocenters. The molecule has 0 aliphatic heterocycles. The van der Waals surface area contributed by atoms with Crippen LogP contribution in [0.4, 0.5) is 0 Å². The highest BCUT2D eigenvalue weighted by Gasteiger charge is 2.08. The maximum atomic E-state index is 10.7. The zero-order valence-corrected chi connectivity index (χ0v) is 10.1. The van der Waals surface area contributed by atoms with E-state index in [1.54, 1.807) is 0 Å². The number of benzene rings is 1. The monoisotopic (exact) mass is 247 g/mol. The summed E-state index contributed by atoms with van der Waals surface area (Å²) in [7, 11) is 1.39. The van der Waals surface area contributed by atoms with Crippen molar-refractivity contribution in [2.24, 2.45) is 0 Å². The molecule has 0 aliphatic carbocycles. The Labute approximate surface area is 105 Å². The second-order valence-electron chi connectivity index (χ2n) is 3.45. The van der Waals surface area contributed by atoms with Crippen LogP contribution in [0.1, 0.15) is 22.8 Å². The highest BCUT2D eigenvalue weighted by Crippen LogP contribution is 2.29. The molecule has 0 saturated heterocycles. The van der Waals surface area contributed by atoms with E-state index in [0.717, 1.165) is 0 Å². The molecule has 0 fully saturated rings. The summed E-state index contributed by atoms with van der Waals surface area (Å²) in [6.45, 7) is 1.62. The molecular weight excluding hydrogens is 234 g/mol. The van der Waals surface area contributed by atoms with Crippen molar-refractivity contribution in [2.75, 3.05) is 13.7 Å². The van der Waals surface area contributed by atoms with Crippen molar-refractivity contribution in [3.05, 3.63) is 23.3 Å². The molecule has 0 saturated carbocycles. The molecule has 1 aromatic carbocycles. The van der Waals surface area contributed by atoms with Crippen molar-refractivity contribution in [3.63, 3.8) is 0 Å². The number of aromatic hydroxyl groups is 1. The first-order valence-electron chi connectivity index (χ1n) is 5.18. The molecule has 2 N–H and O–H groups in total. The van der Waals surface area contributed by atoms with Gasteiger partial charge in [0.25, 0.3) is 0 Å². The summed E-state index contributed by atoms with van der Waals surface area (Å²) in [6, 6.07) is 2.97. The first kappa shape index (κ1) is 13.6. The smallest absolute Gasteiger partial charge is 0.217 e. The molecular formula is C13H13NO4. The summed E-state index contributed by atoms with van der Waals surface area (Å²) in [5.74, 6) is 5.29. The van der Waals surface area contributed by atoms with Crippen LogP contribution in [0.15, 0.2) is 12.1 Å². The molecule has 0 atom stereocenters. The molecule has 1 rings (SSSR count). The Morgan fingerprint density at radius 3 is 2.83 bits per heavy atom. The van der Waals surface area contributed by atoms with Crippen molar-refractivity contribution >= 4 is 12.2 Å². The van der Waals surface area contributed by atoms with Crippen molar-refractivity contribution in [1.82, 2.24) is 5.32 Å². The third-order valence-electron chi connectivity index (χ3n) is 2.11. The number of phenolic OH excluding ortho intramolecular Hbond substituents is 1. The number of rotatable bonds is 3. The number of carbonyl (C=O) groups excluding carboxylic acids is 2. The lowest BCUT2D eigenvalue weighted by Crippen LogP contribution is -2.19. The molecule has 0 aromatic heterocycles. The molecule has 0 bridgehead atoms. The van der Waals surface area contributed by atoms with E-state index >= 15 is 0 Å².